The van der Waals surface area contributed by atoms with Gasteiger partial charge in [-0.05, 0) is 81.1 Å². The van der Waals surface area contributed by atoms with E-state index in [9.17, 15) is 18.0 Å². The zero-order valence-corrected chi connectivity index (χ0v) is 28.6. The summed E-state index contributed by atoms with van der Waals surface area (Å²) in [5, 5.41) is 3.55. The quantitative estimate of drug-likeness (QED) is 0.167. The van der Waals surface area contributed by atoms with Gasteiger partial charge in [-0.3, -0.25) is 13.9 Å². The molecule has 1 N–H and O–H groups in total. The first-order chi connectivity index (χ1) is 21.9. The molecule has 4 rings (SSSR count). The summed E-state index contributed by atoms with van der Waals surface area (Å²) in [6.07, 6.45) is 0.949. The number of amides is 2. The molecule has 0 heterocycles. The minimum Gasteiger partial charge on any atom is -0.352 e. The number of nitrogens with one attached hydrogen (secondary N) is 1. The molecule has 0 bridgehead atoms. The van der Waals surface area contributed by atoms with Gasteiger partial charge in [-0.2, -0.15) is 0 Å². The molecule has 0 aliphatic heterocycles. The molecule has 0 aliphatic rings. The van der Waals surface area contributed by atoms with Crippen molar-refractivity contribution in [3.8, 4) is 0 Å². The molecular weight excluding hydrogens is 618 g/mol. The predicted molar refractivity (Wildman–Crippen MR) is 185 cm³/mol. The molecule has 0 unspecified atom stereocenters. The molecule has 2 amide bonds. The maximum absolute atomic E-state index is 14.6. The minimum atomic E-state index is -4.18. The van der Waals surface area contributed by atoms with Gasteiger partial charge in [0.1, 0.15) is 12.6 Å². The third-order valence-electron chi connectivity index (χ3n) is 8.02. The number of carbonyl (C=O) groups excluding carboxylic acids is 2. The molecule has 9 heteroatoms. The van der Waals surface area contributed by atoms with Crippen molar-refractivity contribution in [2.24, 2.45) is 0 Å². The summed E-state index contributed by atoms with van der Waals surface area (Å²) in [5.74, 6) is -0.830. The Morgan fingerprint density at radius 1 is 0.826 bits per heavy atom. The van der Waals surface area contributed by atoms with Gasteiger partial charge in [-0.1, -0.05) is 96.4 Å². The number of aryl methyl sites for hydroxylation is 3. The molecule has 0 saturated heterocycles. The maximum Gasteiger partial charge on any atom is 0.264 e. The predicted octanol–water partition coefficient (Wildman–Crippen LogP) is 7.02. The summed E-state index contributed by atoms with van der Waals surface area (Å²) in [6, 6.07) is 27.6. The number of halogens is 1. The van der Waals surface area contributed by atoms with Crippen molar-refractivity contribution in [1.29, 1.82) is 0 Å². The first-order valence-corrected chi connectivity index (χ1v) is 17.3. The van der Waals surface area contributed by atoms with Crippen molar-refractivity contribution in [3.05, 3.63) is 130 Å². The highest BCUT2D eigenvalue weighted by Gasteiger charge is 2.35. The number of benzene rings is 4. The summed E-state index contributed by atoms with van der Waals surface area (Å²) in [7, 11) is -4.18. The molecule has 0 saturated carbocycles. The van der Waals surface area contributed by atoms with Crippen LogP contribution in [0, 0.1) is 20.8 Å². The van der Waals surface area contributed by atoms with Crippen molar-refractivity contribution in [2.75, 3.05) is 10.8 Å². The van der Waals surface area contributed by atoms with Crippen molar-refractivity contribution in [1.82, 2.24) is 10.2 Å². The summed E-state index contributed by atoms with van der Waals surface area (Å²) >= 11 is 6.33. The van der Waals surface area contributed by atoms with E-state index in [2.05, 4.69) is 5.32 Å². The van der Waals surface area contributed by atoms with Crippen LogP contribution in [0.15, 0.2) is 102 Å². The second-order valence-corrected chi connectivity index (χ2v) is 14.1. The molecule has 4 aromatic carbocycles. The third kappa shape index (κ3) is 8.77. The molecule has 0 fully saturated rings. The number of hydrogen-bond donors (Lipinski definition) is 1. The van der Waals surface area contributed by atoms with Crippen molar-refractivity contribution in [2.45, 2.75) is 71.0 Å². The zero-order valence-electron chi connectivity index (χ0n) is 27.0. The number of carbonyl (C=O) groups is 2. The largest absolute Gasteiger partial charge is 0.352 e. The van der Waals surface area contributed by atoms with E-state index in [1.165, 1.54) is 4.90 Å². The van der Waals surface area contributed by atoms with Crippen LogP contribution in [0.1, 0.15) is 48.1 Å². The van der Waals surface area contributed by atoms with Crippen LogP contribution in [0.2, 0.25) is 5.02 Å². The van der Waals surface area contributed by atoms with Gasteiger partial charge in [0.15, 0.2) is 0 Å². The average molecular weight is 660 g/mol. The first kappa shape index (κ1) is 34.7. The van der Waals surface area contributed by atoms with Gasteiger partial charge in [0.2, 0.25) is 11.8 Å². The van der Waals surface area contributed by atoms with Gasteiger partial charge in [-0.25, -0.2) is 8.42 Å². The summed E-state index contributed by atoms with van der Waals surface area (Å²) in [5.41, 5.74) is 4.57. The van der Waals surface area contributed by atoms with Crippen LogP contribution in [0.3, 0.4) is 0 Å². The summed E-state index contributed by atoms with van der Waals surface area (Å²) in [4.78, 5) is 30.1. The van der Waals surface area contributed by atoms with E-state index < -0.39 is 28.5 Å². The fraction of sp³-hybridized carbons (Fsp3) is 0.297. The van der Waals surface area contributed by atoms with Crippen LogP contribution >= 0.6 is 11.6 Å². The Bertz CT molecular complexity index is 1760. The molecule has 0 radical (unpaired) electrons. The van der Waals surface area contributed by atoms with Crippen LogP contribution in [0.25, 0.3) is 0 Å². The van der Waals surface area contributed by atoms with E-state index >= 15 is 0 Å². The van der Waals surface area contributed by atoms with Gasteiger partial charge < -0.3 is 10.2 Å². The molecule has 0 aromatic heterocycles. The van der Waals surface area contributed by atoms with E-state index in [0.717, 1.165) is 26.6 Å². The van der Waals surface area contributed by atoms with Crippen LogP contribution < -0.4 is 9.62 Å². The van der Waals surface area contributed by atoms with Gasteiger partial charge in [-0.15, -0.1) is 0 Å². The monoisotopic (exact) mass is 659 g/mol. The fourth-order valence-electron chi connectivity index (χ4n) is 5.26. The number of sulfonamides is 1. The van der Waals surface area contributed by atoms with Crippen LogP contribution in [0.4, 0.5) is 5.69 Å². The Hall–Kier alpha value is -4.14. The topological polar surface area (TPSA) is 86.8 Å². The van der Waals surface area contributed by atoms with Gasteiger partial charge in [0.05, 0.1) is 10.6 Å². The summed E-state index contributed by atoms with van der Waals surface area (Å²) < 4.78 is 29.7. The van der Waals surface area contributed by atoms with Crippen molar-refractivity contribution >= 4 is 39.1 Å². The van der Waals surface area contributed by atoms with E-state index in [1.54, 1.807) is 48.5 Å². The van der Waals surface area contributed by atoms with Gasteiger partial charge >= 0.3 is 0 Å². The lowest BCUT2D eigenvalue weighted by molar-refractivity contribution is -0.140. The fourth-order valence-corrected chi connectivity index (χ4v) is 6.95. The molecule has 2 atom stereocenters. The maximum atomic E-state index is 14.6. The lowest BCUT2D eigenvalue weighted by Gasteiger charge is -2.34. The van der Waals surface area contributed by atoms with E-state index in [4.69, 9.17) is 11.6 Å². The SMILES string of the molecule is CC[C@H](C)NC(=O)[C@H](Cc1ccccc1)N(Cc1cccc(Cl)c1)C(=O)CN(c1ccc(C)cc1C)S(=O)(=O)c1ccc(C)cc1. The van der Waals surface area contributed by atoms with E-state index in [1.807, 2.05) is 83.1 Å². The Morgan fingerprint density at radius 2 is 1.48 bits per heavy atom. The smallest absolute Gasteiger partial charge is 0.264 e. The normalized spacial score (nSPS) is 12.7. The van der Waals surface area contributed by atoms with Crippen LogP contribution in [-0.2, 0) is 32.6 Å². The van der Waals surface area contributed by atoms with Crippen LogP contribution in [0.5, 0.6) is 0 Å². The van der Waals surface area contributed by atoms with Gasteiger partial charge in [0, 0.05) is 24.0 Å². The summed E-state index contributed by atoms with van der Waals surface area (Å²) in [6.45, 7) is 9.06. The molecule has 46 heavy (non-hydrogen) atoms. The van der Waals surface area contributed by atoms with E-state index in [0.29, 0.717) is 22.7 Å². The molecule has 242 valence electrons. The van der Waals surface area contributed by atoms with Crippen molar-refractivity contribution in [3.63, 3.8) is 0 Å². The Kier molecular flexibility index (Phi) is 11.7. The molecular formula is C37H42ClN3O4S. The second kappa shape index (κ2) is 15.4. The number of nitrogens with zero attached hydrogens (tertiary/aromatic N) is 2. The minimum absolute atomic E-state index is 0.0517. The number of anilines is 1. The number of rotatable bonds is 13. The van der Waals surface area contributed by atoms with Crippen molar-refractivity contribution < 1.29 is 18.0 Å². The van der Waals surface area contributed by atoms with E-state index in [-0.39, 0.29) is 29.8 Å². The number of hydrogen-bond acceptors (Lipinski definition) is 4. The lowest BCUT2D eigenvalue weighted by Crippen LogP contribution is -2.54. The second-order valence-electron chi connectivity index (χ2n) is 11.8. The Balaban J connectivity index is 1.83. The first-order valence-electron chi connectivity index (χ1n) is 15.4. The van der Waals surface area contributed by atoms with Crippen LogP contribution in [-0.4, -0.2) is 43.8 Å². The molecule has 4 aromatic rings. The van der Waals surface area contributed by atoms with Gasteiger partial charge in [0.25, 0.3) is 10.0 Å². The standard InChI is InChI=1S/C37H42ClN3O4S/c1-6-29(5)39-37(43)35(23-30-11-8-7-9-12-30)40(24-31-13-10-14-32(38)22-31)36(42)25-41(34-20-17-27(3)21-28(34)4)46(44,45)33-18-15-26(2)16-19-33/h7-22,29,35H,6,23-25H2,1-5H3,(H,39,43)/t29-,35-/m0/s1. The average Bonchev–Trinajstić information content (AvgIpc) is 3.02. The third-order valence-corrected chi connectivity index (χ3v) is 10.0. The molecule has 7 nitrogen and oxygen atoms in total. The Morgan fingerprint density at radius 3 is 2.11 bits per heavy atom. The highest BCUT2D eigenvalue weighted by atomic mass is 35.5. The zero-order chi connectivity index (χ0) is 33.4. The highest BCUT2D eigenvalue weighted by molar-refractivity contribution is 7.92. The molecule has 0 aliphatic carbocycles. The molecule has 0 spiro atoms. The highest BCUT2D eigenvalue weighted by Crippen LogP contribution is 2.29. The lowest BCUT2D eigenvalue weighted by atomic mass is 10.0. The Labute approximate surface area is 278 Å².